The molecule has 5 aliphatic carbocycles. The van der Waals surface area contributed by atoms with E-state index in [0.29, 0.717) is 21.7 Å². The van der Waals surface area contributed by atoms with Gasteiger partial charge in [-0.15, -0.1) is 0 Å². The van der Waals surface area contributed by atoms with Crippen molar-refractivity contribution in [3.8, 4) is 0 Å². The van der Waals surface area contributed by atoms with Crippen LogP contribution in [-0.2, 0) is 0 Å². The van der Waals surface area contributed by atoms with Crippen LogP contribution in [0.4, 0.5) is 0 Å². The summed E-state index contributed by atoms with van der Waals surface area (Å²) in [6, 6.07) is 0. The predicted molar refractivity (Wildman–Crippen MR) is 221 cm³/mol. The number of rotatable bonds is 2. The Morgan fingerprint density at radius 1 is 0.380 bits per heavy atom. The van der Waals surface area contributed by atoms with Crippen LogP contribution in [0, 0.1) is 152 Å². The summed E-state index contributed by atoms with van der Waals surface area (Å²) in [6.07, 6.45) is 2.96. The second kappa shape index (κ2) is 13.3. The van der Waals surface area contributed by atoms with E-state index >= 15 is 0 Å². The molecule has 0 amide bonds. The molecule has 0 heterocycles. The van der Waals surface area contributed by atoms with Crippen molar-refractivity contribution in [3.05, 3.63) is 0 Å². The maximum atomic E-state index is 2.86. The van der Waals surface area contributed by atoms with Gasteiger partial charge >= 0.3 is 0 Å². The third-order valence-electron chi connectivity index (χ3n) is 19.8. The second-order valence-corrected chi connectivity index (χ2v) is 25.2. The van der Waals surface area contributed by atoms with Gasteiger partial charge in [-0.3, -0.25) is 0 Å². The Hall–Kier alpha value is 0. The summed E-state index contributed by atoms with van der Waals surface area (Å²) in [4.78, 5) is 0. The molecule has 50 heavy (non-hydrogen) atoms. The van der Waals surface area contributed by atoms with E-state index in [1.54, 1.807) is 0 Å². The lowest BCUT2D eigenvalue weighted by atomic mass is 9.51. The smallest absolute Gasteiger partial charge is 0.0287 e. The summed E-state index contributed by atoms with van der Waals surface area (Å²) in [7, 11) is 0. The molecule has 0 bridgehead atoms. The summed E-state index contributed by atoms with van der Waals surface area (Å²) >= 11 is 0. The molecule has 0 aromatic heterocycles. The number of hydrogen-bond acceptors (Lipinski definition) is 0. The predicted octanol–water partition coefficient (Wildman–Crippen LogP) is 14.8. The van der Waals surface area contributed by atoms with Gasteiger partial charge in [-0.1, -0.05) is 152 Å². The van der Waals surface area contributed by atoms with Crippen LogP contribution < -0.4 is 0 Å². The van der Waals surface area contributed by atoms with Crippen molar-refractivity contribution in [2.45, 2.75) is 165 Å². The molecule has 0 aliphatic heterocycles. The molecule has 5 rings (SSSR count). The Morgan fingerprint density at radius 2 is 0.620 bits per heavy atom. The van der Waals surface area contributed by atoms with Gasteiger partial charge in [0.05, 0.1) is 0 Å². The van der Waals surface area contributed by atoms with Crippen molar-refractivity contribution in [1.82, 2.24) is 0 Å². The highest BCUT2D eigenvalue weighted by molar-refractivity contribution is 5.14. The minimum Gasteiger partial charge on any atom is -0.0625 e. The molecule has 16 unspecified atom stereocenters. The van der Waals surface area contributed by atoms with E-state index in [9.17, 15) is 0 Å². The molecule has 0 saturated heterocycles. The van der Waals surface area contributed by atoms with Gasteiger partial charge in [-0.05, 0) is 165 Å². The lowest BCUT2D eigenvalue weighted by Gasteiger charge is -2.54. The topological polar surface area (TPSA) is 0 Å². The fourth-order valence-corrected chi connectivity index (χ4v) is 19.0. The molecule has 0 radical (unpaired) electrons. The Morgan fingerprint density at radius 3 is 0.860 bits per heavy atom. The maximum Gasteiger partial charge on any atom is -0.0287 e. The molecular formula is C50H92. The summed E-state index contributed by atoms with van der Waals surface area (Å²) in [6.45, 7) is 59.4. The first-order valence-electron chi connectivity index (χ1n) is 22.6. The normalized spacial score (nSPS) is 52.3. The summed E-state index contributed by atoms with van der Waals surface area (Å²) in [5, 5.41) is 0. The molecular weight excluding hydrogens is 601 g/mol. The summed E-state index contributed by atoms with van der Waals surface area (Å²) in [5.74, 6) is 17.6. The van der Waals surface area contributed by atoms with Crippen molar-refractivity contribution in [1.29, 1.82) is 0 Å². The van der Waals surface area contributed by atoms with E-state index < -0.39 is 0 Å². The first kappa shape index (κ1) is 41.2. The van der Waals surface area contributed by atoms with Crippen molar-refractivity contribution in [3.63, 3.8) is 0 Å². The largest absolute Gasteiger partial charge is 0.0625 e. The van der Waals surface area contributed by atoms with E-state index in [1.165, 1.54) is 12.8 Å². The van der Waals surface area contributed by atoms with Crippen LogP contribution >= 0.6 is 0 Å². The first-order chi connectivity index (χ1) is 22.6. The van der Waals surface area contributed by atoms with E-state index in [4.69, 9.17) is 0 Å². The Bertz CT molecular complexity index is 1080. The fraction of sp³-hybridized carbons (Fsp3) is 1.00. The van der Waals surface area contributed by atoms with Crippen LogP contribution in [0.2, 0.25) is 0 Å². The average Bonchev–Trinajstić information content (AvgIpc) is 3.54. The zero-order valence-corrected chi connectivity index (χ0v) is 38.1. The van der Waals surface area contributed by atoms with E-state index in [0.717, 1.165) is 130 Å². The zero-order chi connectivity index (χ0) is 38.1. The van der Waals surface area contributed by atoms with Gasteiger partial charge in [0.1, 0.15) is 0 Å². The summed E-state index contributed by atoms with van der Waals surface area (Å²) < 4.78 is 0. The first-order valence-corrected chi connectivity index (χ1v) is 22.6. The molecule has 0 nitrogen and oxygen atoms in total. The zero-order valence-electron chi connectivity index (χ0n) is 38.1. The number of fused-ring (bicyclic) bond motifs is 4. The van der Waals surface area contributed by atoms with Gasteiger partial charge in [0.15, 0.2) is 0 Å². The fourth-order valence-electron chi connectivity index (χ4n) is 19.0. The quantitative estimate of drug-likeness (QED) is 0.270. The van der Waals surface area contributed by atoms with Crippen LogP contribution in [0.15, 0.2) is 0 Å². The van der Waals surface area contributed by atoms with Gasteiger partial charge in [0.2, 0.25) is 0 Å². The molecule has 292 valence electrons. The average molecular weight is 693 g/mol. The van der Waals surface area contributed by atoms with Crippen LogP contribution in [0.3, 0.4) is 0 Å². The van der Waals surface area contributed by atoms with E-state index in [-0.39, 0.29) is 0 Å². The molecule has 0 heteroatoms. The van der Waals surface area contributed by atoms with Crippen LogP contribution in [0.1, 0.15) is 165 Å². The molecule has 0 aromatic rings. The second-order valence-electron chi connectivity index (χ2n) is 25.2. The molecule has 5 fully saturated rings. The molecule has 20 atom stereocenters. The van der Waals surface area contributed by atoms with Gasteiger partial charge in [0.25, 0.3) is 0 Å². The molecule has 0 spiro atoms. The van der Waals surface area contributed by atoms with Gasteiger partial charge in [0, 0.05) is 0 Å². The molecule has 0 N–H and O–H groups in total. The van der Waals surface area contributed by atoms with Crippen molar-refractivity contribution in [2.75, 3.05) is 0 Å². The standard InChI is InChI=1S/C50H92/c1-25(2)39-27(5)29(7)43-35(39)23-37-41(47(13,14)15)31(9)33(11)45(37)50(21,22)44-30(8)28(6)40(26(3)4)36(44)24-38-42(48(16,17)18)32(10)34(12)46(38)49(43,19)20/h25-46H,23-24H2,1-22H3/t27?,28?,29?,30?,31?,32?,33?,34?,35-,36?,37?,38+,39?,40?,41?,42?,43?,44?,45-,46-/m0/s1. The number of hydrogen-bond donors (Lipinski definition) is 0. The van der Waals surface area contributed by atoms with Crippen molar-refractivity contribution < 1.29 is 0 Å². The third-order valence-corrected chi connectivity index (χ3v) is 19.8. The highest BCUT2D eigenvalue weighted by Gasteiger charge is 2.67. The Kier molecular flexibility index (Phi) is 11.0. The minimum atomic E-state index is 0.330. The van der Waals surface area contributed by atoms with Gasteiger partial charge in [-0.25, -0.2) is 0 Å². The lowest BCUT2D eigenvalue weighted by Crippen LogP contribution is -2.48. The molecule has 5 aliphatic rings. The van der Waals surface area contributed by atoms with Crippen LogP contribution in [0.5, 0.6) is 0 Å². The lowest BCUT2D eigenvalue weighted by molar-refractivity contribution is -0.0614. The van der Waals surface area contributed by atoms with E-state index in [2.05, 4.69) is 152 Å². The monoisotopic (exact) mass is 693 g/mol. The summed E-state index contributed by atoms with van der Waals surface area (Å²) in [5.41, 5.74) is 1.33. The van der Waals surface area contributed by atoms with Gasteiger partial charge < -0.3 is 0 Å². The van der Waals surface area contributed by atoms with Crippen molar-refractivity contribution >= 4 is 0 Å². The highest BCUT2D eigenvalue weighted by Crippen LogP contribution is 2.72. The van der Waals surface area contributed by atoms with Crippen LogP contribution in [-0.4, -0.2) is 0 Å². The maximum absolute atomic E-state index is 2.86. The van der Waals surface area contributed by atoms with Crippen LogP contribution in [0.25, 0.3) is 0 Å². The molecule has 5 saturated carbocycles. The highest BCUT2D eigenvalue weighted by atomic mass is 14.7. The SMILES string of the molecule is CC(C)C1C(C)C(C)C2C1C[C@@H]1C(C(C)(C)C)C(C)C(C)[C@@H]1C(C)(C)C1C(C)C(C)C(C(C)C)[C@@H]1CC1C(C(C)(C)C)C(C)C(C)[C@@H]1C2(C)C. The Labute approximate surface area is 316 Å². The minimum absolute atomic E-state index is 0.330. The Balaban J connectivity index is 1.84. The third kappa shape index (κ3) is 6.09. The van der Waals surface area contributed by atoms with Gasteiger partial charge in [-0.2, -0.15) is 0 Å². The van der Waals surface area contributed by atoms with Crippen molar-refractivity contribution in [2.24, 2.45) is 152 Å². The molecule has 0 aromatic carbocycles. The van der Waals surface area contributed by atoms with E-state index in [1.807, 2.05) is 0 Å².